The Morgan fingerprint density at radius 2 is 1.58 bits per heavy atom. The van der Waals surface area contributed by atoms with Crippen molar-refractivity contribution in [3.05, 3.63) is 78.4 Å². The van der Waals surface area contributed by atoms with Gasteiger partial charge in [0.15, 0.2) is 0 Å². The summed E-state index contributed by atoms with van der Waals surface area (Å²) in [5, 5.41) is 1.11. The number of rotatable bonds is 3. The normalized spacial score (nSPS) is 10.9. The largest absolute Gasteiger partial charge is 0.497 e. The van der Waals surface area contributed by atoms with Gasteiger partial charge in [-0.3, -0.25) is 0 Å². The highest BCUT2D eigenvalue weighted by molar-refractivity contribution is 6.01. The summed E-state index contributed by atoms with van der Waals surface area (Å²) in [5.41, 5.74) is 5.40. The van der Waals surface area contributed by atoms with Crippen LogP contribution in [0.4, 0.5) is 0 Å². The molecule has 1 heterocycles. The Hall–Kier alpha value is -3.00. The van der Waals surface area contributed by atoms with E-state index in [1.54, 1.807) is 7.11 Å². The van der Waals surface area contributed by atoms with E-state index in [2.05, 4.69) is 49.4 Å². The monoisotopic (exact) mass is 314 g/mol. The van der Waals surface area contributed by atoms with Gasteiger partial charge in [-0.15, -0.1) is 0 Å². The summed E-state index contributed by atoms with van der Waals surface area (Å²) in [4.78, 5) is 0. The third-order valence-corrected chi connectivity index (χ3v) is 4.27. The van der Waals surface area contributed by atoms with Gasteiger partial charge in [-0.05, 0) is 30.7 Å². The van der Waals surface area contributed by atoms with Gasteiger partial charge < -0.3 is 9.15 Å². The molecule has 0 bridgehead atoms. The van der Waals surface area contributed by atoms with Crippen LogP contribution in [0.25, 0.3) is 33.4 Å². The number of furan rings is 1. The van der Waals surface area contributed by atoms with E-state index in [-0.39, 0.29) is 0 Å². The standard InChI is InChI=1S/C22H18O2/c1-15-10-12-16(13-11-15)22-21(17-6-5-7-18(14-17)23-2)19-8-3-4-9-20(19)24-22/h3-14H,1-2H3. The Balaban J connectivity index is 2.01. The average molecular weight is 314 g/mol. The lowest BCUT2D eigenvalue weighted by atomic mass is 9.98. The van der Waals surface area contributed by atoms with Crippen LogP contribution in [0.15, 0.2) is 77.2 Å². The molecule has 0 aliphatic heterocycles. The molecule has 2 nitrogen and oxygen atoms in total. The van der Waals surface area contributed by atoms with Gasteiger partial charge >= 0.3 is 0 Å². The number of ether oxygens (including phenoxy) is 1. The van der Waals surface area contributed by atoms with Crippen molar-refractivity contribution in [3.63, 3.8) is 0 Å². The molecule has 0 spiro atoms. The molecule has 0 aliphatic carbocycles. The molecule has 0 saturated heterocycles. The number of hydrogen-bond donors (Lipinski definition) is 0. The zero-order chi connectivity index (χ0) is 16.5. The van der Waals surface area contributed by atoms with Crippen molar-refractivity contribution in [2.24, 2.45) is 0 Å². The SMILES string of the molecule is COc1cccc(-c2c(-c3ccc(C)cc3)oc3ccccc23)c1. The van der Waals surface area contributed by atoms with Gasteiger partial charge in [-0.1, -0.05) is 60.2 Å². The highest BCUT2D eigenvalue weighted by Crippen LogP contribution is 2.41. The Morgan fingerprint density at radius 1 is 0.792 bits per heavy atom. The fourth-order valence-electron chi connectivity index (χ4n) is 3.02. The second-order valence-corrected chi connectivity index (χ2v) is 5.90. The van der Waals surface area contributed by atoms with Crippen LogP contribution in [-0.2, 0) is 0 Å². The van der Waals surface area contributed by atoms with Gasteiger partial charge in [-0.25, -0.2) is 0 Å². The van der Waals surface area contributed by atoms with E-state index in [1.807, 2.05) is 30.3 Å². The number of methoxy groups -OCH3 is 1. The molecule has 2 heteroatoms. The van der Waals surface area contributed by atoms with Crippen LogP contribution in [0, 0.1) is 6.92 Å². The Labute approximate surface area is 141 Å². The molecule has 0 atom stereocenters. The highest BCUT2D eigenvalue weighted by atomic mass is 16.5. The van der Waals surface area contributed by atoms with Gasteiger partial charge in [0.05, 0.1) is 7.11 Å². The summed E-state index contributed by atoms with van der Waals surface area (Å²) in [6, 6.07) is 24.7. The maximum Gasteiger partial charge on any atom is 0.143 e. The van der Waals surface area contributed by atoms with Crippen LogP contribution in [-0.4, -0.2) is 7.11 Å². The van der Waals surface area contributed by atoms with E-state index in [0.717, 1.165) is 39.2 Å². The molecule has 118 valence electrons. The molecular weight excluding hydrogens is 296 g/mol. The summed E-state index contributed by atoms with van der Waals surface area (Å²) < 4.78 is 11.6. The van der Waals surface area contributed by atoms with E-state index < -0.39 is 0 Å². The molecule has 0 saturated carbocycles. The molecular formula is C22H18O2. The van der Waals surface area contributed by atoms with Crippen LogP contribution < -0.4 is 4.74 Å². The van der Waals surface area contributed by atoms with Crippen molar-refractivity contribution >= 4 is 11.0 Å². The molecule has 0 unspecified atom stereocenters. The van der Waals surface area contributed by atoms with Crippen molar-refractivity contribution in [2.45, 2.75) is 6.92 Å². The minimum absolute atomic E-state index is 0.840. The van der Waals surface area contributed by atoms with Crippen LogP contribution in [0.1, 0.15) is 5.56 Å². The second-order valence-electron chi connectivity index (χ2n) is 5.90. The quantitative estimate of drug-likeness (QED) is 0.457. The van der Waals surface area contributed by atoms with Crippen LogP contribution >= 0.6 is 0 Å². The Kier molecular flexibility index (Phi) is 3.58. The fraction of sp³-hybridized carbons (Fsp3) is 0.0909. The van der Waals surface area contributed by atoms with Crippen molar-refractivity contribution < 1.29 is 9.15 Å². The molecule has 3 aromatic carbocycles. The lowest BCUT2D eigenvalue weighted by Gasteiger charge is -2.06. The first-order valence-electron chi connectivity index (χ1n) is 7.99. The van der Waals surface area contributed by atoms with E-state index in [0.29, 0.717) is 0 Å². The second kappa shape index (κ2) is 5.89. The Bertz CT molecular complexity index is 994. The zero-order valence-electron chi connectivity index (χ0n) is 13.7. The lowest BCUT2D eigenvalue weighted by Crippen LogP contribution is -1.85. The third-order valence-electron chi connectivity index (χ3n) is 4.27. The summed E-state index contributed by atoms with van der Waals surface area (Å²) >= 11 is 0. The van der Waals surface area contributed by atoms with Crippen molar-refractivity contribution in [2.75, 3.05) is 7.11 Å². The number of aryl methyl sites for hydroxylation is 1. The van der Waals surface area contributed by atoms with E-state index in [1.165, 1.54) is 5.56 Å². The topological polar surface area (TPSA) is 22.4 Å². The van der Waals surface area contributed by atoms with Gasteiger partial charge in [0.1, 0.15) is 17.1 Å². The van der Waals surface area contributed by atoms with Crippen LogP contribution in [0.2, 0.25) is 0 Å². The molecule has 0 amide bonds. The lowest BCUT2D eigenvalue weighted by molar-refractivity contribution is 0.415. The molecule has 0 aliphatic rings. The molecule has 4 rings (SSSR count). The fourth-order valence-corrected chi connectivity index (χ4v) is 3.02. The molecule has 1 aromatic heterocycles. The first kappa shape index (κ1) is 14.6. The summed E-state index contributed by atoms with van der Waals surface area (Å²) in [7, 11) is 1.69. The van der Waals surface area contributed by atoms with Gasteiger partial charge in [0.25, 0.3) is 0 Å². The summed E-state index contributed by atoms with van der Waals surface area (Å²) in [6.07, 6.45) is 0. The number of hydrogen-bond acceptors (Lipinski definition) is 2. The first-order valence-corrected chi connectivity index (χ1v) is 7.99. The number of benzene rings is 3. The minimum Gasteiger partial charge on any atom is -0.497 e. The summed E-state index contributed by atoms with van der Waals surface area (Å²) in [6.45, 7) is 2.09. The average Bonchev–Trinajstić information content (AvgIpc) is 3.02. The van der Waals surface area contributed by atoms with E-state index in [4.69, 9.17) is 9.15 Å². The molecule has 0 N–H and O–H groups in total. The zero-order valence-corrected chi connectivity index (χ0v) is 13.7. The van der Waals surface area contributed by atoms with Gasteiger partial charge in [-0.2, -0.15) is 0 Å². The summed E-state index contributed by atoms with van der Waals surface area (Å²) in [5.74, 6) is 1.73. The highest BCUT2D eigenvalue weighted by Gasteiger charge is 2.17. The van der Waals surface area contributed by atoms with E-state index >= 15 is 0 Å². The predicted molar refractivity (Wildman–Crippen MR) is 98.4 cm³/mol. The van der Waals surface area contributed by atoms with Gasteiger partial charge in [0.2, 0.25) is 0 Å². The Morgan fingerprint density at radius 3 is 2.38 bits per heavy atom. The van der Waals surface area contributed by atoms with E-state index in [9.17, 15) is 0 Å². The van der Waals surface area contributed by atoms with Crippen molar-refractivity contribution in [3.8, 4) is 28.2 Å². The number of fused-ring (bicyclic) bond motifs is 1. The maximum atomic E-state index is 6.21. The predicted octanol–water partition coefficient (Wildman–Crippen LogP) is 6.08. The van der Waals surface area contributed by atoms with Crippen molar-refractivity contribution in [1.82, 2.24) is 0 Å². The van der Waals surface area contributed by atoms with Crippen molar-refractivity contribution in [1.29, 1.82) is 0 Å². The molecule has 0 fully saturated rings. The number of para-hydroxylation sites is 1. The first-order chi connectivity index (χ1) is 11.8. The van der Waals surface area contributed by atoms with Crippen LogP contribution in [0.3, 0.4) is 0 Å². The molecule has 24 heavy (non-hydrogen) atoms. The minimum atomic E-state index is 0.840. The maximum absolute atomic E-state index is 6.21. The molecule has 4 aromatic rings. The van der Waals surface area contributed by atoms with Crippen LogP contribution in [0.5, 0.6) is 5.75 Å². The third kappa shape index (κ3) is 2.46. The van der Waals surface area contributed by atoms with Gasteiger partial charge in [0, 0.05) is 16.5 Å². The molecule has 0 radical (unpaired) electrons. The smallest absolute Gasteiger partial charge is 0.143 e.